The van der Waals surface area contributed by atoms with Gasteiger partial charge in [0, 0.05) is 24.5 Å². The van der Waals surface area contributed by atoms with E-state index in [2.05, 4.69) is 6.92 Å². The largest absolute Gasteiger partial charge is 0.371 e. The predicted molar refractivity (Wildman–Crippen MR) is 67.4 cm³/mol. The minimum Gasteiger partial charge on any atom is -0.371 e. The van der Waals surface area contributed by atoms with Gasteiger partial charge in [-0.1, -0.05) is 0 Å². The van der Waals surface area contributed by atoms with Gasteiger partial charge in [-0.05, 0) is 31.4 Å². The Morgan fingerprint density at radius 1 is 1.56 bits per heavy atom. The Morgan fingerprint density at radius 2 is 2.25 bits per heavy atom. The summed E-state index contributed by atoms with van der Waals surface area (Å²) in [7, 11) is 1.93. The number of nitrogens with zero attached hydrogens (tertiary/aromatic N) is 2. The van der Waals surface area contributed by atoms with E-state index in [-0.39, 0.29) is 5.56 Å². The van der Waals surface area contributed by atoms with Crippen LogP contribution >= 0.6 is 11.8 Å². The zero-order valence-corrected chi connectivity index (χ0v) is 10.5. The van der Waals surface area contributed by atoms with Gasteiger partial charge in [-0.2, -0.15) is 17.0 Å². The van der Waals surface area contributed by atoms with E-state index in [0.29, 0.717) is 6.04 Å². The first-order valence-electron chi connectivity index (χ1n) is 5.01. The summed E-state index contributed by atoms with van der Waals surface area (Å²) < 4.78 is 13.4. The molecule has 0 bridgehead atoms. The monoisotopic (exact) mass is 238 g/mol. The molecule has 0 heterocycles. The van der Waals surface area contributed by atoms with Gasteiger partial charge in [0.05, 0.1) is 5.56 Å². The molecule has 0 amide bonds. The fraction of sp³-hybridized carbons (Fsp3) is 0.417. The highest BCUT2D eigenvalue weighted by atomic mass is 32.2. The van der Waals surface area contributed by atoms with Crippen LogP contribution in [0.3, 0.4) is 0 Å². The van der Waals surface area contributed by atoms with Crippen molar-refractivity contribution in [1.82, 2.24) is 0 Å². The number of rotatable bonds is 4. The zero-order valence-electron chi connectivity index (χ0n) is 9.70. The van der Waals surface area contributed by atoms with Crippen LogP contribution in [0.4, 0.5) is 10.1 Å². The SMILES string of the molecule is CSCC(C)N(C)c1ccc(C#N)c(F)c1. The van der Waals surface area contributed by atoms with Gasteiger partial charge in [0.2, 0.25) is 0 Å². The van der Waals surface area contributed by atoms with Gasteiger partial charge in [0.1, 0.15) is 11.9 Å². The average molecular weight is 238 g/mol. The van der Waals surface area contributed by atoms with Crippen molar-refractivity contribution in [2.45, 2.75) is 13.0 Å². The molecule has 1 aromatic rings. The van der Waals surface area contributed by atoms with Gasteiger partial charge >= 0.3 is 0 Å². The summed E-state index contributed by atoms with van der Waals surface area (Å²) in [5, 5.41) is 8.63. The summed E-state index contributed by atoms with van der Waals surface area (Å²) >= 11 is 1.76. The third kappa shape index (κ3) is 2.89. The molecule has 0 aliphatic carbocycles. The normalized spacial score (nSPS) is 11.9. The molecular formula is C12H15FN2S. The average Bonchev–Trinajstić information content (AvgIpc) is 2.28. The van der Waals surface area contributed by atoms with Crippen molar-refractivity contribution in [3.8, 4) is 6.07 Å². The Morgan fingerprint density at radius 3 is 2.75 bits per heavy atom. The first-order valence-corrected chi connectivity index (χ1v) is 6.41. The molecule has 0 aromatic heterocycles. The number of hydrogen-bond donors (Lipinski definition) is 0. The molecule has 0 fully saturated rings. The summed E-state index contributed by atoms with van der Waals surface area (Å²) in [5.74, 6) is 0.529. The number of benzene rings is 1. The van der Waals surface area contributed by atoms with Crippen molar-refractivity contribution in [3.63, 3.8) is 0 Å². The molecule has 0 N–H and O–H groups in total. The van der Waals surface area contributed by atoms with Gasteiger partial charge in [-0.3, -0.25) is 0 Å². The molecule has 2 nitrogen and oxygen atoms in total. The van der Waals surface area contributed by atoms with Crippen LogP contribution in [0.2, 0.25) is 0 Å². The van der Waals surface area contributed by atoms with Crippen LogP contribution in [0, 0.1) is 17.1 Å². The number of hydrogen-bond acceptors (Lipinski definition) is 3. The van der Waals surface area contributed by atoms with E-state index in [9.17, 15) is 4.39 Å². The minimum absolute atomic E-state index is 0.0923. The van der Waals surface area contributed by atoms with Crippen molar-refractivity contribution in [3.05, 3.63) is 29.6 Å². The number of anilines is 1. The van der Waals surface area contributed by atoms with Crippen molar-refractivity contribution in [1.29, 1.82) is 5.26 Å². The lowest BCUT2D eigenvalue weighted by Gasteiger charge is -2.26. The van der Waals surface area contributed by atoms with Crippen LogP contribution < -0.4 is 4.90 Å². The van der Waals surface area contributed by atoms with E-state index < -0.39 is 5.82 Å². The highest BCUT2D eigenvalue weighted by Crippen LogP contribution is 2.20. The molecule has 16 heavy (non-hydrogen) atoms. The van der Waals surface area contributed by atoms with Crippen molar-refractivity contribution >= 4 is 17.4 Å². The highest BCUT2D eigenvalue weighted by Gasteiger charge is 2.11. The Hall–Kier alpha value is -1.21. The maximum Gasteiger partial charge on any atom is 0.143 e. The number of nitriles is 1. The second-order valence-corrected chi connectivity index (χ2v) is 4.60. The van der Waals surface area contributed by atoms with Crippen LogP contribution in [0.25, 0.3) is 0 Å². The standard InChI is InChI=1S/C12H15FN2S/c1-9(8-16-3)15(2)11-5-4-10(7-14)12(13)6-11/h4-6,9H,8H2,1-3H3. The van der Waals surface area contributed by atoms with Crippen molar-refractivity contribution in [2.75, 3.05) is 24.0 Å². The Kier molecular flexibility index (Phi) is 4.63. The van der Waals surface area contributed by atoms with E-state index >= 15 is 0 Å². The third-order valence-electron chi connectivity index (χ3n) is 2.55. The Balaban J connectivity index is 2.89. The molecule has 0 saturated carbocycles. The lowest BCUT2D eigenvalue weighted by molar-refractivity contribution is 0.622. The molecule has 1 aromatic carbocycles. The fourth-order valence-electron chi connectivity index (χ4n) is 1.42. The summed E-state index contributed by atoms with van der Waals surface area (Å²) in [6, 6.07) is 6.86. The second kappa shape index (κ2) is 5.76. The maximum absolute atomic E-state index is 13.4. The van der Waals surface area contributed by atoms with Gasteiger partial charge in [-0.25, -0.2) is 4.39 Å². The Labute approximate surface area is 100 Å². The van der Waals surface area contributed by atoms with Crippen molar-refractivity contribution < 1.29 is 4.39 Å². The molecule has 0 aliphatic rings. The van der Waals surface area contributed by atoms with Crippen LogP contribution in [-0.2, 0) is 0 Å². The molecule has 1 unspecified atom stereocenters. The van der Waals surface area contributed by atoms with Gasteiger partial charge < -0.3 is 4.90 Å². The summed E-state index contributed by atoms with van der Waals surface area (Å²) in [5.41, 5.74) is 0.896. The van der Waals surface area contributed by atoms with Gasteiger partial charge in [0.15, 0.2) is 0 Å². The van der Waals surface area contributed by atoms with E-state index in [1.807, 2.05) is 24.3 Å². The van der Waals surface area contributed by atoms with Crippen LogP contribution in [0.5, 0.6) is 0 Å². The lowest BCUT2D eigenvalue weighted by Crippen LogP contribution is -2.30. The van der Waals surface area contributed by atoms with Gasteiger partial charge in [0.25, 0.3) is 0 Å². The number of halogens is 1. The number of thioether (sulfide) groups is 1. The lowest BCUT2D eigenvalue weighted by atomic mass is 10.2. The molecule has 0 aliphatic heterocycles. The van der Waals surface area contributed by atoms with Gasteiger partial charge in [-0.15, -0.1) is 0 Å². The topological polar surface area (TPSA) is 27.0 Å². The van der Waals surface area contributed by atoms with Crippen LogP contribution in [0.15, 0.2) is 18.2 Å². The van der Waals surface area contributed by atoms with Crippen LogP contribution in [0.1, 0.15) is 12.5 Å². The Bertz CT molecular complexity index is 400. The van der Waals surface area contributed by atoms with E-state index in [0.717, 1.165) is 11.4 Å². The van der Waals surface area contributed by atoms with Crippen LogP contribution in [-0.4, -0.2) is 25.1 Å². The summed E-state index contributed by atoms with van der Waals surface area (Å²) in [4.78, 5) is 2.01. The first-order chi connectivity index (χ1) is 7.60. The van der Waals surface area contributed by atoms with E-state index in [1.165, 1.54) is 12.1 Å². The van der Waals surface area contributed by atoms with E-state index in [4.69, 9.17) is 5.26 Å². The summed E-state index contributed by atoms with van der Waals surface area (Å²) in [6.45, 7) is 2.09. The van der Waals surface area contributed by atoms with E-state index in [1.54, 1.807) is 17.8 Å². The molecular weight excluding hydrogens is 223 g/mol. The molecule has 1 atom stereocenters. The molecule has 86 valence electrons. The second-order valence-electron chi connectivity index (χ2n) is 3.69. The maximum atomic E-state index is 13.4. The molecule has 4 heteroatoms. The highest BCUT2D eigenvalue weighted by molar-refractivity contribution is 7.98. The van der Waals surface area contributed by atoms with Crippen molar-refractivity contribution in [2.24, 2.45) is 0 Å². The predicted octanol–water partition coefficient (Wildman–Crippen LogP) is 2.89. The smallest absolute Gasteiger partial charge is 0.143 e. The molecule has 0 spiro atoms. The zero-order chi connectivity index (χ0) is 12.1. The summed E-state index contributed by atoms with van der Waals surface area (Å²) in [6.07, 6.45) is 2.05. The molecule has 0 radical (unpaired) electrons. The molecule has 0 saturated heterocycles. The minimum atomic E-state index is -0.455. The molecule has 1 rings (SSSR count). The third-order valence-corrected chi connectivity index (χ3v) is 3.37. The fourth-order valence-corrected chi connectivity index (χ4v) is 2.13. The first kappa shape index (κ1) is 12.9. The quantitative estimate of drug-likeness (QED) is 0.807.